The van der Waals surface area contributed by atoms with Gasteiger partial charge in [-0.2, -0.15) is 0 Å². The summed E-state index contributed by atoms with van der Waals surface area (Å²) in [7, 11) is 0. The van der Waals surface area contributed by atoms with Gasteiger partial charge in [0.05, 0.1) is 6.54 Å². The number of para-hydroxylation sites is 1. The Kier molecular flexibility index (Phi) is 3.06. The molecule has 1 aromatic carbocycles. The van der Waals surface area contributed by atoms with E-state index in [9.17, 15) is 14.7 Å². The van der Waals surface area contributed by atoms with Crippen molar-refractivity contribution in [2.24, 2.45) is 0 Å². The summed E-state index contributed by atoms with van der Waals surface area (Å²) in [5.74, 6) is -0.846. The summed E-state index contributed by atoms with van der Waals surface area (Å²) in [6, 6.07) is 6.89. The number of hydrogen-bond donors (Lipinski definition) is 1. The maximum Gasteiger partial charge on any atom is 0.347 e. The van der Waals surface area contributed by atoms with Gasteiger partial charge >= 0.3 is 11.7 Å². The van der Waals surface area contributed by atoms with Gasteiger partial charge in [0.1, 0.15) is 16.9 Å². The standard InChI is InChI=1S/C15H12N2O4/c1-9-6-16-15(20)17(7-9)8-12-13(14(18)19)10-4-2-3-5-11(10)21-12/h2-7H,8H2,1H3,(H,18,19). The zero-order valence-electron chi connectivity index (χ0n) is 11.2. The zero-order valence-corrected chi connectivity index (χ0v) is 11.2. The molecule has 2 aromatic heterocycles. The molecule has 1 N–H and O–H groups in total. The molecular formula is C15H12N2O4. The summed E-state index contributed by atoms with van der Waals surface area (Å²) in [6.07, 6.45) is 3.09. The average molecular weight is 284 g/mol. The van der Waals surface area contributed by atoms with E-state index in [0.717, 1.165) is 5.56 Å². The molecule has 106 valence electrons. The molecule has 0 saturated carbocycles. The fourth-order valence-corrected chi connectivity index (χ4v) is 2.28. The Morgan fingerprint density at radius 2 is 2.14 bits per heavy atom. The molecule has 0 bridgehead atoms. The highest BCUT2D eigenvalue weighted by Crippen LogP contribution is 2.26. The minimum absolute atomic E-state index is 0.0316. The molecule has 0 fully saturated rings. The lowest BCUT2D eigenvalue weighted by molar-refractivity contribution is 0.0696. The predicted octanol–water partition coefficient (Wildman–Crippen LogP) is 2.04. The van der Waals surface area contributed by atoms with E-state index in [1.807, 2.05) is 0 Å². The van der Waals surface area contributed by atoms with Crippen LogP contribution in [0.5, 0.6) is 0 Å². The molecule has 0 saturated heterocycles. The van der Waals surface area contributed by atoms with Gasteiger partial charge in [-0.3, -0.25) is 4.57 Å². The fraction of sp³-hybridized carbons (Fsp3) is 0.133. The monoisotopic (exact) mass is 284 g/mol. The van der Waals surface area contributed by atoms with Gasteiger partial charge in [0.25, 0.3) is 0 Å². The number of aryl methyl sites for hydroxylation is 1. The summed E-state index contributed by atoms with van der Waals surface area (Å²) >= 11 is 0. The Balaban J connectivity index is 2.16. The van der Waals surface area contributed by atoms with Crippen LogP contribution in [-0.4, -0.2) is 20.6 Å². The summed E-state index contributed by atoms with van der Waals surface area (Å²) in [5, 5.41) is 9.91. The maximum absolute atomic E-state index is 11.7. The SMILES string of the molecule is Cc1cnc(=O)n(Cc2oc3ccccc3c2C(=O)O)c1. The topological polar surface area (TPSA) is 85.3 Å². The van der Waals surface area contributed by atoms with Gasteiger partial charge in [-0.25, -0.2) is 14.6 Å². The number of benzene rings is 1. The van der Waals surface area contributed by atoms with Crippen LogP contribution in [0.4, 0.5) is 0 Å². The lowest BCUT2D eigenvalue weighted by Gasteiger charge is -2.04. The molecule has 6 heteroatoms. The first-order chi connectivity index (χ1) is 10.1. The molecule has 2 heterocycles. The molecule has 3 aromatic rings. The van der Waals surface area contributed by atoms with Crippen LogP contribution in [0.3, 0.4) is 0 Å². The third kappa shape index (κ3) is 2.31. The second-order valence-corrected chi connectivity index (χ2v) is 4.74. The molecule has 0 aliphatic carbocycles. The van der Waals surface area contributed by atoms with Crippen LogP contribution in [0.1, 0.15) is 21.7 Å². The Morgan fingerprint density at radius 3 is 2.90 bits per heavy atom. The van der Waals surface area contributed by atoms with E-state index in [2.05, 4.69) is 4.98 Å². The third-order valence-corrected chi connectivity index (χ3v) is 3.18. The van der Waals surface area contributed by atoms with Crippen LogP contribution >= 0.6 is 0 Å². The van der Waals surface area contributed by atoms with E-state index in [1.54, 1.807) is 37.4 Å². The molecule has 0 atom stereocenters. The number of aromatic carboxylic acids is 1. The molecule has 0 spiro atoms. The van der Waals surface area contributed by atoms with Gasteiger partial charge in [0, 0.05) is 17.8 Å². The summed E-state index contributed by atoms with van der Waals surface area (Å²) in [5.41, 5.74) is 0.928. The summed E-state index contributed by atoms with van der Waals surface area (Å²) in [4.78, 5) is 26.9. The average Bonchev–Trinajstić information content (AvgIpc) is 2.80. The van der Waals surface area contributed by atoms with Crippen LogP contribution in [0.2, 0.25) is 0 Å². The number of rotatable bonds is 3. The van der Waals surface area contributed by atoms with E-state index in [-0.39, 0.29) is 17.9 Å². The van der Waals surface area contributed by atoms with E-state index in [4.69, 9.17) is 4.42 Å². The zero-order chi connectivity index (χ0) is 15.0. The molecule has 0 unspecified atom stereocenters. The number of furan rings is 1. The molecule has 3 rings (SSSR count). The molecule has 6 nitrogen and oxygen atoms in total. The summed E-state index contributed by atoms with van der Waals surface area (Å²) in [6.45, 7) is 1.84. The number of carboxylic acids is 1. The van der Waals surface area contributed by atoms with Crippen molar-refractivity contribution in [1.29, 1.82) is 0 Å². The Labute approximate surface area is 119 Å². The van der Waals surface area contributed by atoms with Crippen molar-refractivity contribution in [3.63, 3.8) is 0 Å². The lowest BCUT2D eigenvalue weighted by Crippen LogP contribution is -2.23. The van der Waals surface area contributed by atoms with Gasteiger partial charge in [-0.1, -0.05) is 18.2 Å². The van der Waals surface area contributed by atoms with Crippen molar-refractivity contribution >= 4 is 16.9 Å². The molecule has 0 radical (unpaired) electrons. The van der Waals surface area contributed by atoms with Gasteiger partial charge in [0.2, 0.25) is 0 Å². The lowest BCUT2D eigenvalue weighted by atomic mass is 10.1. The van der Waals surface area contributed by atoms with Crippen LogP contribution in [-0.2, 0) is 6.54 Å². The minimum Gasteiger partial charge on any atom is -0.478 e. The highest BCUT2D eigenvalue weighted by atomic mass is 16.4. The first kappa shape index (κ1) is 13.1. The number of aromatic nitrogens is 2. The van der Waals surface area contributed by atoms with Crippen molar-refractivity contribution in [1.82, 2.24) is 9.55 Å². The molecule has 0 aliphatic rings. The van der Waals surface area contributed by atoms with E-state index in [1.165, 1.54) is 10.8 Å². The van der Waals surface area contributed by atoms with Gasteiger partial charge in [-0.05, 0) is 18.6 Å². The Bertz CT molecular complexity index is 892. The van der Waals surface area contributed by atoms with E-state index >= 15 is 0 Å². The van der Waals surface area contributed by atoms with E-state index < -0.39 is 11.7 Å². The summed E-state index contributed by atoms with van der Waals surface area (Å²) < 4.78 is 6.92. The van der Waals surface area contributed by atoms with Crippen molar-refractivity contribution in [3.8, 4) is 0 Å². The number of fused-ring (bicyclic) bond motifs is 1. The maximum atomic E-state index is 11.7. The highest BCUT2D eigenvalue weighted by Gasteiger charge is 2.20. The Morgan fingerprint density at radius 1 is 1.38 bits per heavy atom. The smallest absolute Gasteiger partial charge is 0.347 e. The van der Waals surface area contributed by atoms with Crippen molar-refractivity contribution in [3.05, 3.63) is 64.0 Å². The van der Waals surface area contributed by atoms with Crippen LogP contribution in [0.15, 0.2) is 45.9 Å². The van der Waals surface area contributed by atoms with Gasteiger partial charge in [-0.15, -0.1) is 0 Å². The Hall–Kier alpha value is -2.89. The van der Waals surface area contributed by atoms with Crippen LogP contribution < -0.4 is 5.69 Å². The van der Waals surface area contributed by atoms with Gasteiger partial charge < -0.3 is 9.52 Å². The van der Waals surface area contributed by atoms with Gasteiger partial charge in [0.15, 0.2) is 0 Å². The minimum atomic E-state index is -1.08. The molecule has 0 amide bonds. The number of carbonyl (C=O) groups is 1. The second-order valence-electron chi connectivity index (χ2n) is 4.74. The molecular weight excluding hydrogens is 272 g/mol. The largest absolute Gasteiger partial charge is 0.478 e. The number of hydrogen-bond acceptors (Lipinski definition) is 4. The molecule has 21 heavy (non-hydrogen) atoms. The van der Waals surface area contributed by atoms with Crippen LogP contribution in [0.25, 0.3) is 11.0 Å². The first-order valence-corrected chi connectivity index (χ1v) is 6.33. The van der Waals surface area contributed by atoms with Crippen molar-refractivity contribution in [2.45, 2.75) is 13.5 Å². The van der Waals surface area contributed by atoms with Crippen molar-refractivity contribution in [2.75, 3.05) is 0 Å². The van der Waals surface area contributed by atoms with E-state index in [0.29, 0.717) is 11.0 Å². The normalized spacial score (nSPS) is 10.9. The van der Waals surface area contributed by atoms with Crippen molar-refractivity contribution < 1.29 is 14.3 Å². The number of carboxylic acid groups (broad SMARTS) is 1. The molecule has 0 aliphatic heterocycles. The highest BCUT2D eigenvalue weighted by molar-refractivity contribution is 6.03. The first-order valence-electron chi connectivity index (χ1n) is 6.33. The second kappa shape index (κ2) is 4.90. The fourth-order valence-electron chi connectivity index (χ4n) is 2.28. The third-order valence-electron chi connectivity index (χ3n) is 3.18. The van der Waals surface area contributed by atoms with Crippen LogP contribution in [0, 0.1) is 6.92 Å². The quantitative estimate of drug-likeness (QED) is 0.795. The predicted molar refractivity (Wildman–Crippen MR) is 75.5 cm³/mol. The number of nitrogens with zero attached hydrogens (tertiary/aromatic N) is 2.